The van der Waals surface area contributed by atoms with Crippen molar-refractivity contribution in [3.05, 3.63) is 54.4 Å². The maximum Gasteiger partial charge on any atom is 0.318 e. The zero-order chi connectivity index (χ0) is 18.6. The van der Waals surface area contributed by atoms with E-state index in [1.165, 1.54) is 0 Å². The second-order valence-corrected chi connectivity index (χ2v) is 7.19. The summed E-state index contributed by atoms with van der Waals surface area (Å²) in [7, 11) is 1.65. The summed E-state index contributed by atoms with van der Waals surface area (Å²) in [6, 6.07) is 12.1. The number of amides is 2. The number of pyridine rings is 1. The van der Waals surface area contributed by atoms with Crippen LogP contribution in [0.1, 0.15) is 31.2 Å². The third-order valence-corrected chi connectivity index (χ3v) is 5.48. The van der Waals surface area contributed by atoms with E-state index in [1.54, 1.807) is 19.5 Å². The van der Waals surface area contributed by atoms with Crippen molar-refractivity contribution in [2.24, 2.45) is 0 Å². The molecule has 1 aromatic carbocycles. The van der Waals surface area contributed by atoms with Gasteiger partial charge in [-0.1, -0.05) is 12.1 Å². The molecular formula is C21H25N3O3. The van der Waals surface area contributed by atoms with Crippen LogP contribution in [0.3, 0.4) is 0 Å². The molecule has 2 unspecified atom stereocenters. The molecular weight excluding hydrogens is 342 g/mol. The maximum atomic E-state index is 12.8. The lowest BCUT2D eigenvalue weighted by atomic mass is 10.00. The number of methoxy groups -OCH3 is 1. The molecule has 6 heteroatoms. The summed E-state index contributed by atoms with van der Waals surface area (Å²) in [4.78, 5) is 18.8. The van der Waals surface area contributed by atoms with Crippen LogP contribution in [0.5, 0.6) is 11.5 Å². The standard InChI is InChI=1S/C21H25N3O3/c1-26-18-6-2-15(3-7-18)14-23-21(25)24-16-4-5-17(24)13-20(12-16)27-19-8-10-22-11-9-19/h2-3,6-11,16-17,20H,4-5,12-14H2,1H3,(H,23,25). The second kappa shape index (κ2) is 7.86. The summed E-state index contributed by atoms with van der Waals surface area (Å²) >= 11 is 0. The monoisotopic (exact) mass is 367 g/mol. The third-order valence-electron chi connectivity index (χ3n) is 5.48. The smallest absolute Gasteiger partial charge is 0.318 e. The van der Waals surface area contributed by atoms with Crippen LogP contribution in [0.2, 0.25) is 0 Å². The van der Waals surface area contributed by atoms with E-state index >= 15 is 0 Å². The fraction of sp³-hybridized carbons (Fsp3) is 0.429. The zero-order valence-electron chi connectivity index (χ0n) is 15.5. The lowest BCUT2D eigenvalue weighted by molar-refractivity contribution is 0.0686. The Bertz CT molecular complexity index is 752. The van der Waals surface area contributed by atoms with Gasteiger partial charge in [-0.25, -0.2) is 4.79 Å². The zero-order valence-corrected chi connectivity index (χ0v) is 15.5. The van der Waals surface area contributed by atoms with E-state index in [1.807, 2.05) is 41.3 Å². The Kier molecular flexibility index (Phi) is 5.14. The highest BCUT2D eigenvalue weighted by atomic mass is 16.5. The van der Waals surface area contributed by atoms with Crippen LogP contribution in [0.25, 0.3) is 0 Å². The molecule has 1 N–H and O–H groups in total. The molecule has 2 aliphatic heterocycles. The second-order valence-electron chi connectivity index (χ2n) is 7.19. The number of fused-ring (bicyclic) bond motifs is 2. The van der Waals surface area contributed by atoms with Crippen LogP contribution in [0, 0.1) is 0 Å². The predicted molar refractivity (Wildman–Crippen MR) is 102 cm³/mol. The molecule has 2 saturated heterocycles. The minimum absolute atomic E-state index is 0.0284. The van der Waals surface area contributed by atoms with Gasteiger partial charge in [0.2, 0.25) is 0 Å². The van der Waals surface area contributed by atoms with Crippen molar-refractivity contribution in [3.8, 4) is 11.5 Å². The molecule has 2 atom stereocenters. The molecule has 0 aliphatic carbocycles. The van der Waals surface area contributed by atoms with Gasteiger partial charge in [-0.3, -0.25) is 4.98 Å². The van der Waals surface area contributed by atoms with Crippen molar-refractivity contribution in [1.82, 2.24) is 15.2 Å². The topological polar surface area (TPSA) is 63.7 Å². The van der Waals surface area contributed by atoms with Crippen molar-refractivity contribution in [2.75, 3.05) is 7.11 Å². The van der Waals surface area contributed by atoms with Crippen molar-refractivity contribution >= 4 is 6.03 Å². The van der Waals surface area contributed by atoms with Gasteiger partial charge in [-0.15, -0.1) is 0 Å². The van der Waals surface area contributed by atoms with Crippen molar-refractivity contribution in [2.45, 2.75) is 50.4 Å². The molecule has 2 bridgehead atoms. The first kappa shape index (κ1) is 17.6. The molecule has 1 aromatic heterocycles. The van der Waals surface area contributed by atoms with E-state index in [0.29, 0.717) is 6.54 Å². The number of carbonyl (C=O) groups is 1. The number of urea groups is 1. The third kappa shape index (κ3) is 3.99. The van der Waals surface area contributed by atoms with Gasteiger partial charge in [-0.05, 0) is 42.7 Å². The first-order chi connectivity index (χ1) is 13.2. The van der Waals surface area contributed by atoms with Gasteiger partial charge < -0.3 is 19.7 Å². The lowest BCUT2D eigenvalue weighted by Gasteiger charge is -2.38. The van der Waals surface area contributed by atoms with E-state index in [0.717, 1.165) is 42.7 Å². The number of ether oxygens (including phenoxy) is 2. The highest BCUT2D eigenvalue weighted by Gasteiger charge is 2.44. The summed E-state index contributed by atoms with van der Waals surface area (Å²) < 4.78 is 11.3. The molecule has 2 aliphatic rings. The minimum atomic E-state index is 0.0284. The van der Waals surface area contributed by atoms with Crippen LogP contribution >= 0.6 is 0 Å². The Balaban J connectivity index is 1.32. The molecule has 27 heavy (non-hydrogen) atoms. The first-order valence-electron chi connectivity index (χ1n) is 9.48. The minimum Gasteiger partial charge on any atom is -0.497 e. The Morgan fingerprint density at radius 2 is 1.74 bits per heavy atom. The fourth-order valence-electron chi connectivity index (χ4n) is 4.18. The van der Waals surface area contributed by atoms with Gasteiger partial charge in [0.25, 0.3) is 0 Å². The lowest BCUT2D eigenvalue weighted by Crippen LogP contribution is -2.52. The van der Waals surface area contributed by atoms with Gasteiger partial charge in [-0.2, -0.15) is 0 Å². The Morgan fingerprint density at radius 1 is 1.07 bits per heavy atom. The van der Waals surface area contributed by atoms with Crippen LogP contribution in [-0.2, 0) is 6.54 Å². The Morgan fingerprint density at radius 3 is 2.37 bits per heavy atom. The quantitative estimate of drug-likeness (QED) is 0.880. The fourth-order valence-corrected chi connectivity index (χ4v) is 4.18. The summed E-state index contributed by atoms with van der Waals surface area (Å²) in [5, 5.41) is 3.07. The number of nitrogens with zero attached hydrogens (tertiary/aromatic N) is 2. The summed E-state index contributed by atoms with van der Waals surface area (Å²) in [5.41, 5.74) is 1.06. The highest BCUT2D eigenvalue weighted by Crippen LogP contribution is 2.37. The first-order valence-corrected chi connectivity index (χ1v) is 9.48. The number of nitrogens with one attached hydrogen (secondary N) is 1. The average molecular weight is 367 g/mol. The molecule has 2 amide bonds. The van der Waals surface area contributed by atoms with E-state index in [9.17, 15) is 4.79 Å². The van der Waals surface area contributed by atoms with Gasteiger partial charge in [0.05, 0.1) is 7.11 Å². The SMILES string of the molecule is COc1ccc(CNC(=O)N2C3CCC2CC(Oc2ccncc2)C3)cc1. The number of hydrogen-bond acceptors (Lipinski definition) is 4. The summed E-state index contributed by atoms with van der Waals surface area (Å²) in [5.74, 6) is 1.67. The van der Waals surface area contributed by atoms with Gasteiger partial charge in [0.1, 0.15) is 17.6 Å². The number of rotatable bonds is 5. The summed E-state index contributed by atoms with van der Waals surface area (Å²) in [6.45, 7) is 0.524. The molecule has 142 valence electrons. The van der Waals surface area contributed by atoms with Crippen LogP contribution < -0.4 is 14.8 Å². The molecule has 0 radical (unpaired) electrons. The van der Waals surface area contributed by atoms with Gasteiger partial charge in [0.15, 0.2) is 0 Å². The van der Waals surface area contributed by atoms with E-state index in [2.05, 4.69) is 10.3 Å². The van der Waals surface area contributed by atoms with E-state index < -0.39 is 0 Å². The van der Waals surface area contributed by atoms with Crippen molar-refractivity contribution in [1.29, 1.82) is 0 Å². The van der Waals surface area contributed by atoms with Crippen molar-refractivity contribution in [3.63, 3.8) is 0 Å². The van der Waals surface area contributed by atoms with Crippen molar-refractivity contribution < 1.29 is 14.3 Å². The van der Waals surface area contributed by atoms with E-state index in [4.69, 9.17) is 9.47 Å². The number of carbonyl (C=O) groups excluding carboxylic acids is 1. The molecule has 0 spiro atoms. The van der Waals surface area contributed by atoms with Gasteiger partial charge >= 0.3 is 6.03 Å². The van der Waals surface area contributed by atoms with Crippen LogP contribution in [-0.4, -0.2) is 41.2 Å². The molecule has 2 fully saturated rings. The predicted octanol–water partition coefficient (Wildman–Crippen LogP) is 3.37. The number of hydrogen-bond donors (Lipinski definition) is 1. The average Bonchev–Trinajstić information content (AvgIpc) is 2.98. The normalized spacial score (nSPS) is 23.7. The largest absolute Gasteiger partial charge is 0.497 e. The van der Waals surface area contributed by atoms with Crippen LogP contribution in [0.15, 0.2) is 48.8 Å². The highest BCUT2D eigenvalue weighted by molar-refractivity contribution is 5.75. The summed E-state index contributed by atoms with van der Waals surface area (Å²) in [6.07, 6.45) is 7.52. The molecule has 0 saturated carbocycles. The number of piperidine rings is 1. The van der Waals surface area contributed by atoms with Crippen LogP contribution in [0.4, 0.5) is 4.79 Å². The molecule has 6 nitrogen and oxygen atoms in total. The molecule has 2 aromatic rings. The van der Waals surface area contributed by atoms with E-state index in [-0.39, 0.29) is 24.2 Å². The molecule has 4 rings (SSSR count). The molecule has 3 heterocycles. The Hall–Kier alpha value is -2.76. The Labute approximate surface area is 159 Å². The van der Waals surface area contributed by atoms with Gasteiger partial charge in [0, 0.05) is 43.9 Å². The number of benzene rings is 1. The number of aromatic nitrogens is 1. The maximum absolute atomic E-state index is 12.8.